The number of phenols is 1. The van der Waals surface area contributed by atoms with Gasteiger partial charge < -0.3 is 29.7 Å². The molecule has 12 nitrogen and oxygen atoms in total. The summed E-state index contributed by atoms with van der Waals surface area (Å²) in [5.41, 5.74) is 1.66. The number of likely N-dealkylation sites (tertiary alicyclic amines) is 1. The van der Waals surface area contributed by atoms with E-state index in [1.165, 1.54) is 12.1 Å². The number of nitrogens with one attached hydrogen (secondary N) is 2. The van der Waals surface area contributed by atoms with E-state index < -0.39 is 23.6 Å². The molecule has 0 radical (unpaired) electrons. The number of thiophene rings is 1. The van der Waals surface area contributed by atoms with Crippen LogP contribution in [0.1, 0.15) is 70.6 Å². The van der Waals surface area contributed by atoms with E-state index in [-0.39, 0.29) is 57.1 Å². The van der Waals surface area contributed by atoms with Crippen molar-refractivity contribution in [2.75, 3.05) is 35.7 Å². The number of benzene rings is 2. The second-order valence-corrected chi connectivity index (χ2v) is 15.4. The number of nitrogens with zero attached hydrogens (tertiary/aromatic N) is 5. The van der Waals surface area contributed by atoms with Crippen LogP contribution >= 0.6 is 11.3 Å². The normalized spacial score (nSPS) is 20.8. The number of ether oxygens (including phenoxy) is 2. The minimum atomic E-state index is -0.791. The molecule has 3 atom stereocenters. The average molecular weight is 702 g/mol. The van der Waals surface area contributed by atoms with Crippen LogP contribution in [0.4, 0.5) is 26.0 Å². The van der Waals surface area contributed by atoms with Crippen LogP contribution in [0.15, 0.2) is 12.1 Å². The number of phenolic OH excluding ortho intramolecular Hbond substituents is 1. The van der Waals surface area contributed by atoms with Gasteiger partial charge in [0.15, 0.2) is 0 Å². The van der Waals surface area contributed by atoms with E-state index in [0.29, 0.717) is 52.7 Å². The van der Waals surface area contributed by atoms with Crippen LogP contribution in [0.2, 0.25) is 0 Å². The van der Waals surface area contributed by atoms with Crippen LogP contribution in [-0.4, -0.2) is 69.8 Å². The Morgan fingerprint density at radius 2 is 1.92 bits per heavy atom. The number of fused-ring (bicyclic) bond motifs is 4. The van der Waals surface area contributed by atoms with Crippen LogP contribution in [0.3, 0.4) is 0 Å². The summed E-state index contributed by atoms with van der Waals surface area (Å²) in [5.74, 6) is 0.479. The summed E-state index contributed by atoms with van der Waals surface area (Å²) in [4.78, 5) is 39.8. The number of rotatable bonds is 5. The van der Waals surface area contributed by atoms with E-state index in [1.54, 1.807) is 32.7 Å². The van der Waals surface area contributed by atoms with Crippen molar-refractivity contribution in [3.8, 4) is 22.9 Å². The molecule has 262 valence electrons. The predicted octanol–water partition coefficient (Wildman–Crippen LogP) is 6.87. The van der Waals surface area contributed by atoms with E-state index >= 15 is 4.39 Å². The van der Waals surface area contributed by atoms with E-state index in [0.717, 1.165) is 36.3 Å². The van der Waals surface area contributed by atoms with Gasteiger partial charge in [-0.05, 0) is 75.6 Å². The Bertz CT molecular complexity index is 2110. The van der Waals surface area contributed by atoms with Gasteiger partial charge in [0.05, 0.1) is 28.9 Å². The van der Waals surface area contributed by atoms with Crippen LogP contribution in [0, 0.1) is 23.1 Å². The summed E-state index contributed by atoms with van der Waals surface area (Å²) < 4.78 is 27.0. The van der Waals surface area contributed by atoms with Gasteiger partial charge >= 0.3 is 6.09 Å². The minimum Gasteiger partial charge on any atom is -0.505 e. The number of carbonyl (C=O) groups is 2. The molecule has 14 heteroatoms. The molecule has 0 spiro atoms. The molecule has 7 rings (SSSR count). The van der Waals surface area contributed by atoms with Crippen molar-refractivity contribution < 1.29 is 28.6 Å². The number of nitriles is 1. The summed E-state index contributed by atoms with van der Waals surface area (Å²) in [6.07, 6.45) is 1.64. The van der Waals surface area contributed by atoms with E-state index in [4.69, 9.17) is 19.4 Å². The zero-order chi connectivity index (χ0) is 35.6. The van der Waals surface area contributed by atoms with Crippen molar-refractivity contribution in [2.24, 2.45) is 5.92 Å². The fourth-order valence-corrected chi connectivity index (χ4v) is 8.31. The predicted molar refractivity (Wildman–Crippen MR) is 190 cm³/mol. The van der Waals surface area contributed by atoms with Crippen LogP contribution < -0.4 is 15.5 Å². The van der Waals surface area contributed by atoms with E-state index in [1.807, 2.05) is 0 Å². The Kier molecular flexibility index (Phi) is 8.47. The SMILES string of the molecule is C[C@H]1CCN(c2nc(NC3CCCN(C)C3=O)c3c4c(c(-c5ccc(F)c6sc(NC(=O)OC(C)(C)C)c(C#N)c56)c(O)c3n2)COC4)[C@H]1C. The summed E-state index contributed by atoms with van der Waals surface area (Å²) in [6.45, 7) is 11.2. The molecular weight excluding hydrogens is 662 g/mol. The molecule has 2 aromatic carbocycles. The zero-order valence-electron chi connectivity index (χ0n) is 28.9. The number of carbonyl (C=O) groups excluding carboxylic acids is 2. The lowest BCUT2D eigenvalue weighted by molar-refractivity contribution is -0.132. The first-order chi connectivity index (χ1) is 23.8. The largest absolute Gasteiger partial charge is 0.505 e. The second-order valence-electron chi connectivity index (χ2n) is 14.4. The topological polar surface area (TPSA) is 153 Å². The first kappa shape index (κ1) is 33.7. The van der Waals surface area contributed by atoms with Gasteiger partial charge in [-0.2, -0.15) is 10.2 Å². The number of aromatic hydroxyl groups is 1. The summed E-state index contributed by atoms with van der Waals surface area (Å²) >= 11 is 0.922. The molecule has 4 aromatic rings. The molecule has 0 saturated carbocycles. The Balaban J connectivity index is 1.46. The summed E-state index contributed by atoms with van der Waals surface area (Å²) in [6, 6.07) is 4.60. The molecule has 0 bridgehead atoms. The number of hydrogen-bond donors (Lipinski definition) is 3. The van der Waals surface area contributed by atoms with Gasteiger partial charge in [-0.3, -0.25) is 10.1 Å². The van der Waals surface area contributed by atoms with Crippen molar-refractivity contribution >= 4 is 61.1 Å². The summed E-state index contributed by atoms with van der Waals surface area (Å²) in [7, 11) is 1.79. The monoisotopic (exact) mass is 701 g/mol. The standard InChI is InChI=1S/C36H40FN7O5S/c1-17-11-13-44(18(17)2)34-40-28-27(31(41-34)39-24-8-7-12-43(6)33(24)46)22-16-48-15-21(22)25(29(28)45)19-9-10-23(37)30-26(19)20(14-38)32(50-30)42-35(47)49-36(3,4)5/h9-10,17-18,24,45H,7-8,11-13,15-16H2,1-6H3,(H,42,47)(H,39,40,41)/t17-,18-,24?/m0/s1. The first-order valence-electron chi connectivity index (χ1n) is 16.9. The molecule has 0 aliphatic carbocycles. The third kappa shape index (κ3) is 5.72. The van der Waals surface area contributed by atoms with Gasteiger partial charge in [0.25, 0.3) is 0 Å². The van der Waals surface area contributed by atoms with E-state index in [2.05, 4.69) is 35.5 Å². The Labute approximate surface area is 293 Å². The fraction of sp³-hybridized carbons (Fsp3) is 0.472. The highest BCUT2D eigenvalue weighted by molar-refractivity contribution is 7.23. The van der Waals surface area contributed by atoms with Gasteiger partial charge in [-0.1, -0.05) is 13.0 Å². The highest BCUT2D eigenvalue weighted by atomic mass is 32.1. The molecule has 3 N–H and O–H groups in total. The fourth-order valence-electron chi connectivity index (χ4n) is 7.25. The van der Waals surface area contributed by atoms with Crippen molar-refractivity contribution in [3.63, 3.8) is 0 Å². The highest BCUT2D eigenvalue weighted by Gasteiger charge is 2.35. The number of amides is 2. The Morgan fingerprint density at radius 3 is 2.62 bits per heavy atom. The third-order valence-corrected chi connectivity index (χ3v) is 11.1. The highest BCUT2D eigenvalue weighted by Crippen LogP contribution is 2.51. The lowest BCUT2D eigenvalue weighted by Crippen LogP contribution is -2.45. The molecule has 2 amide bonds. The maximum Gasteiger partial charge on any atom is 0.412 e. The average Bonchev–Trinajstić information content (AvgIpc) is 3.77. The number of hydrogen-bond acceptors (Lipinski definition) is 11. The van der Waals surface area contributed by atoms with Gasteiger partial charge in [0, 0.05) is 37.1 Å². The van der Waals surface area contributed by atoms with Crippen molar-refractivity contribution in [3.05, 3.63) is 34.6 Å². The maximum absolute atomic E-state index is 15.5. The van der Waals surface area contributed by atoms with Crippen molar-refractivity contribution in [1.29, 1.82) is 5.26 Å². The first-order valence-corrected chi connectivity index (χ1v) is 17.7. The van der Waals surface area contributed by atoms with Crippen molar-refractivity contribution in [1.82, 2.24) is 14.9 Å². The van der Waals surface area contributed by atoms with Gasteiger partial charge in [-0.25, -0.2) is 14.2 Å². The lowest BCUT2D eigenvalue weighted by Gasteiger charge is -2.31. The molecule has 2 saturated heterocycles. The van der Waals surface area contributed by atoms with Gasteiger partial charge in [-0.15, -0.1) is 11.3 Å². The molecule has 2 aromatic heterocycles. The number of halogens is 1. The minimum absolute atomic E-state index is 0.0348. The zero-order valence-corrected chi connectivity index (χ0v) is 29.8. The molecule has 3 aliphatic rings. The number of likely N-dealkylation sites (N-methyl/N-ethyl adjacent to an activating group) is 1. The third-order valence-electron chi connectivity index (χ3n) is 9.97. The van der Waals surface area contributed by atoms with Crippen molar-refractivity contribution in [2.45, 2.75) is 84.8 Å². The van der Waals surface area contributed by atoms with E-state index in [9.17, 15) is 20.0 Å². The molecule has 3 aliphatic heterocycles. The van der Waals surface area contributed by atoms with Gasteiger partial charge in [0.2, 0.25) is 11.9 Å². The molecular formula is C36H40FN7O5S. The Hall–Kier alpha value is -4.74. The molecule has 2 fully saturated rings. The van der Waals surface area contributed by atoms with Crippen LogP contribution in [0.25, 0.3) is 32.1 Å². The second kappa shape index (κ2) is 12.5. The molecule has 1 unspecified atom stereocenters. The summed E-state index contributed by atoms with van der Waals surface area (Å²) in [5, 5.41) is 29.7. The number of aromatic nitrogens is 2. The van der Waals surface area contributed by atoms with Crippen LogP contribution in [-0.2, 0) is 27.5 Å². The maximum atomic E-state index is 15.5. The lowest BCUT2D eigenvalue weighted by atomic mass is 9.90. The number of anilines is 3. The van der Waals surface area contributed by atoms with Gasteiger partial charge in [0.1, 0.15) is 45.6 Å². The smallest absolute Gasteiger partial charge is 0.412 e. The number of piperidine rings is 1. The van der Waals surface area contributed by atoms with Crippen LogP contribution in [0.5, 0.6) is 5.75 Å². The quantitative estimate of drug-likeness (QED) is 0.201. The molecule has 5 heterocycles. The Morgan fingerprint density at radius 1 is 1.16 bits per heavy atom. The molecule has 50 heavy (non-hydrogen) atoms.